The zero-order chi connectivity index (χ0) is 16.7. The van der Waals surface area contributed by atoms with Crippen molar-refractivity contribution in [3.05, 3.63) is 23.5 Å². The summed E-state index contributed by atoms with van der Waals surface area (Å²) in [6.07, 6.45) is 1.11. The molecule has 1 rings (SSSR count). The topological polar surface area (TPSA) is 83.1 Å². The zero-order valence-corrected chi connectivity index (χ0v) is 14.1. The van der Waals surface area contributed by atoms with Gasteiger partial charge in [0.2, 0.25) is 5.91 Å². The molecule has 22 heavy (non-hydrogen) atoms. The maximum atomic E-state index is 11.4. The fourth-order valence-electron chi connectivity index (χ4n) is 2.26. The van der Waals surface area contributed by atoms with E-state index in [-0.39, 0.29) is 5.91 Å². The zero-order valence-electron chi connectivity index (χ0n) is 14.1. The van der Waals surface area contributed by atoms with Crippen molar-refractivity contribution in [2.24, 2.45) is 15.7 Å². The van der Waals surface area contributed by atoms with Crippen molar-refractivity contribution in [1.82, 2.24) is 10.2 Å². The molecule has 0 bridgehead atoms. The Balaban J connectivity index is 2.71. The van der Waals surface area contributed by atoms with E-state index >= 15 is 0 Å². The molecule has 6 heteroatoms. The smallest absolute Gasteiger partial charge is 0.221 e. The van der Waals surface area contributed by atoms with E-state index in [0.717, 1.165) is 29.4 Å². The first-order valence-electron chi connectivity index (χ1n) is 7.48. The molecule has 0 aromatic heterocycles. The van der Waals surface area contributed by atoms with Crippen molar-refractivity contribution in [1.29, 1.82) is 0 Å². The standard InChI is InChI=1S/C16H27N5O/c1-11(16(17)13(3)18-5)10-12(2)20-14(4)21-8-6-15(22)19-7-9-21/h2,6-10,17H2,1,3-5H3,(H,19,22)/b16-11-,18-13?,20-14?. The highest BCUT2D eigenvalue weighted by molar-refractivity contribution is 5.97. The van der Waals surface area contributed by atoms with Crippen LogP contribution in [0.3, 0.4) is 0 Å². The van der Waals surface area contributed by atoms with E-state index in [2.05, 4.69) is 26.8 Å². The second-order valence-electron chi connectivity index (χ2n) is 5.49. The third-order valence-electron chi connectivity index (χ3n) is 3.74. The van der Waals surface area contributed by atoms with Crippen LogP contribution < -0.4 is 11.1 Å². The third kappa shape index (κ3) is 5.35. The number of carbonyl (C=O) groups excluding carboxylic acids is 1. The lowest BCUT2D eigenvalue weighted by molar-refractivity contribution is -0.120. The minimum absolute atomic E-state index is 0.0926. The number of rotatable bonds is 4. The van der Waals surface area contributed by atoms with Gasteiger partial charge in [0.25, 0.3) is 0 Å². The van der Waals surface area contributed by atoms with Crippen LogP contribution in [0.4, 0.5) is 0 Å². The summed E-state index contributed by atoms with van der Waals surface area (Å²) in [5.41, 5.74) is 9.32. The van der Waals surface area contributed by atoms with E-state index in [9.17, 15) is 4.79 Å². The third-order valence-corrected chi connectivity index (χ3v) is 3.74. The summed E-state index contributed by atoms with van der Waals surface area (Å²) in [5.74, 6) is 0.976. The number of amides is 1. The summed E-state index contributed by atoms with van der Waals surface area (Å²) in [6.45, 7) is 11.9. The second kappa shape index (κ2) is 8.36. The molecule has 1 amide bonds. The number of aliphatic imine (C=N–C) groups is 2. The van der Waals surface area contributed by atoms with Crippen LogP contribution in [0.2, 0.25) is 0 Å². The number of carbonyl (C=O) groups is 1. The Morgan fingerprint density at radius 2 is 2.05 bits per heavy atom. The van der Waals surface area contributed by atoms with Gasteiger partial charge in [-0.05, 0) is 26.3 Å². The molecule has 0 atom stereocenters. The van der Waals surface area contributed by atoms with Crippen LogP contribution in [0.25, 0.3) is 0 Å². The van der Waals surface area contributed by atoms with Crippen molar-refractivity contribution in [2.45, 2.75) is 33.6 Å². The molecule has 1 fully saturated rings. The molecule has 0 saturated carbocycles. The molecule has 1 saturated heterocycles. The molecule has 0 radical (unpaired) electrons. The van der Waals surface area contributed by atoms with Crippen LogP contribution in [-0.4, -0.2) is 49.0 Å². The number of hydrogen-bond donors (Lipinski definition) is 2. The summed E-state index contributed by atoms with van der Waals surface area (Å²) >= 11 is 0. The van der Waals surface area contributed by atoms with Gasteiger partial charge in [0, 0.05) is 45.2 Å². The van der Waals surface area contributed by atoms with E-state index in [1.807, 2.05) is 20.8 Å². The first kappa shape index (κ1) is 17.9. The molecule has 0 aromatic carbocycles. The minimum Gasteiger partial charge on any atom is -0.397 e. The second-order valence-corrected chi connectivity index (χ2v) is 5.49. The van der Waals surface area contributed by atoms with Crippen molar-refractivity contribution in [2.75, 3.05) is 26.7 Å². The summed E-state index contributed by atoms with van der Waals surface area (Å²) < 4.78 is 0. The van der Waals surface area contributed by atoms with Gasteiger partial charge in [-0.2, -0.15) is 0 Å². The Morgan fingerprint density at radius 1 is 1.36 bits per heavy atom. The molecule has 6 nitrogen and oxygen atoms in total. The van der Waals surface area contributed by atoms with Crippen LogP contribution >= 0.6 is 0 Å². The molecule has 0 aromatic rings. The van der Waals surface area contributed by atoms with Gasteiger partial charge in [-0.25, -0.2) is 4.99 Å². The van der Waals surface area contributed by atoms with Gasteiger partial charge >= 0.3 is 0 Å². The quantitative estimate of drug-likeness (QED) is 0.609. The lowest BCUT2D eigenvalue weighted by Gasteiger charge is -2.21. The monoisotopic (exact) mass is 305 g/mol. The lowest BCUT2D eigenvalue weighted by atomic mass is 10.1. The molecule has 1 aliphatic heterocycles. The number of nitrogens with zero attached hydrogens (tertiary/aromatic N) is 3. The Labute approximate surface area is 132 Å². The molecule has 122 valence electrons. The van der Waals surface area contributed by atoms with Crippen LogP contribution in [0.1, 0.15) is 33.6 Å². The summed E-state index contributed by atoms with van der Waals surface area (Å²) in [5, 5.41) is 2.85. The van der Waals surface area contributed by atoms with E-state index in [1.54, 1.807) is 7.05 Å². The normalized spacial score (nSPS) is 18.5. The van der Waals surface area contributed by atoms with Crippen LogP contribution in [-0.2, 0) is 4.79 Å². The highest BCUT2D eigenvalue weighted by Crippen LogP contribution is 2.14. The Hall–Kier alpha value is -2.11. The number of amidine groups is 1. The number of nitrogens with two attached hydrogens (primary N) is 1. The van der Waals surface area contributed by atoms with Crippen LogP contribution in [0, 0.1) is 0 Å². The van der Waals surface area contributed by atoms with E-state index in [0.29, 0.717) is 31.6 Å². The molecule has 3 N–H and O–H groups in total. The number of hydrogen-bond acceptors (Lipinski definition) is 4. The van der Waals surface area contributed by atoms with Crippen molar-refractivity contribution in [3.8, 4) is 0 Å². The highest BCUT2D eigenvalue weighted by Gasteiger charge is 2.14. The summed E-state index contributed by atoms with van der Waals surface area (Å²) in [4.78, 5) is 22.1. The van der Waals surface area contributed by atoms with Crippen LogP contribution in [0.5, 0.6) is 0 Å². The van der Waals surface area contributed by atoms with Gasteiger partial charge in [-0.1, -0.05) is 6.58 Å². The molecule has 1 aliphatic rings. The Bertz CT molecular complexity index is 531. The maximum Gasteiger partial charge on any atom is 0.221 e. The van der Waals surface area contributed by atoms with E-state index in [1.165, 1.54) is 0 Å². The predicted octanol–water partition coefficient (Wildman–Crippen LogP) is 1.45. The van der Waals surface area contributed by atoms with Gasteiger partial charge in [-0.3, -0.25) is 9.79 Å². The number of allylic oxidation sites excluding steroid dienone is 2. The van der Waals surface area contributed by atoms with Crippen molar-refractivity contribution >= 4 is 17.5 Å². The minimum atomic E-state index is 0.0926. The summed E-state index contributed by atoms with van der Waals surface area (Å²) in [6, 6.07) is 0. The highest BCUT2D eigenvalue weighted by atomic mass is 16.1. The van der Waals surface area contributed by atoms with Gasteiger partial charge in [0.1, 0.15) is 5.84 Å². The largest absolute Gasteiger partial charge is 0.397 e. The maximum absolute atomic E-state index is 11.4. The Morgan fingerprint density at radius 3 is 2.68 bits per heavy atom. The van der Waals surface area contributed by atoms with Crippen molar-refractivity contribution in [3.63, 3.8) is 0 Å². The van der Waals surface area contributed by atoms with Gasteiger partial charge in [0.15, 0.2) is 0 Å². The predicted molar refractivity (Wildman–Crippen MR) is 92.0 cm³/mol. The molecular formula is C16H27N5O. The first-order valence-corrected chi connectivity index (χ1v) is 7.48. The average molecular weight is 305 g/mol. The van der Waals surface area contributed by atoms with Gasteiger partial charge in [-0.15, -0.1) is 0 Å². The lowest BCUT2D eigenvalue weighted by Crippen LogP contribution is -2.32. The van der Waals surface area contributed by atoms with Crippen molar-refractivity contribution < 1.29 is 4.79 Å². The van der Waals surface area contributed by atoms with Gasteiger partial charge < -0.3 is 16.0 Å². The SMILES string of the molecule is C=C(C/C(C)=C(\N)C(C)=NC)N=C(C)N1CCNC(=O)CC1. The molecule has 0 spiro atoms. The average Bonchev–Trinajstić information content (AvgIpc) is 2.70. The molecular weight excluding hydrogens is 278 g/mol. The molecule has 1 heterocycles. The Kier molecular flexibility index (Phi) is 6.82. The first-order chi connectivity index (χ1) is 10.3. The fraction of sp³-hybridized carbons (Fsp3) is 0.562. The van der Waals surface area contributed by atoms with E-state index < -0.39 is 0 Å². The number of nitrogens with one attached hydrogen (secondary N) is 1. The fourth-order valence-corrected chi connectivity index (χ4v) is 2.26. The molecule has 0 unspecified atom stereocenters. The molecule has 0 aliphatic carbocycles. The van der Waals surface area contributed by atoms with Crippen LogP contribution in [0.15, 0.2) is 33.5 Å². The van der Waals surface area contributed by atoms with Gasteiger partial charge in [0.05, 0.1) is 11.4 Å². The van der Waals surface area contributed by atoms with E-state index in [4.69, 9.17) is 5.73 Å². The summed E-state index contributed by atoms with van der Waals surface area (Å²) in [7, 11) is 1.72.